The third-order valence-electron chi connectivity index (χ3n) is 4.19. The second-order valence-electron chi connectivity index (χ2n) is 6.36. The molecule has 1 N–H and O–H groups in total. The van der Waals surface area contributed by atoms with Gasteiger partial charge in [-0.15, -0.1) is 0 Å². The van der Waals surface area contributed by atoms with E-state index in [2.05, 4.69) is 39.1 Å². The normalized spacial score (nSPS) is 23.6. The Balaban J connectivity index is 1.59. The van der Waals surface area contributed by atoms with E-state index < -0.39 is 0 Å². The van der Waals surface area contributed by atoms with E-state index in [9.17, 15) is 0 Å². The smallest absolute Gasteiger partial charge is 0.163 e. The van der Waals surface area contributed by atoms with Crippen LogP contribution in [0.5, 0.6) is 0 Å². The number of hydrogen-bond acceptors (Lipinski definition) is 5. The number of aromatic nitrogens is 4. The number of piperidine rings is 1. The van der Waals surface area contributed by atoms with Crippen molar-refractivity contribution in [3.05, 3.63) is 12.5 Å². The first-order chi connectivity index (χ1) is 10.1. The minimum absolute atomic E-state index is 0.804. The van der Waals surface area contributed by atoms with Crippen molar-refractivity contribution in [3.63, 3.8) is 0 Å². The summed E-state index contributed by atoms with van der Waals surface area (Å²) in [7, 11) is 1.90. The molecule has 2 unspecified atom stereocenters. The quantitative estimate of drug-likeness (QED) is 0.929. The predicted molar refractivity (Wildman–Crippen MR) is 84.2 cm³/mol. The maximum Gasteiger partial charge on any atom is 0.163 e. The fourth-order valence-electron chi connectivity index (χ4n) is 3.41. The Morgan fingerprint density at radius 3 is 2.76 bits per heavy atom. The number of rotatable bonds is 4. The van der Waals surface area contributed by atoms with E-state index in [1.54, 1.807) is 11.0 Å². The van der Waals surface area contributed by atoms with Gasteiger partial charge in [0.15, 0.2) is 5.65 Å². The zero-order valence-corrected chi connectivity index (χ0v) is 13.1. The van der Waals surface area contributed by atoms with Crippen LogP contribution >= 0.6 is 0 Å². The van der Waals surface area contributed by atoms with Gasteiger partial charge in [-0.2, -0.15) is 5.10 Å². The molecule has 1 fully saturated rings. The SMILES string of the molecule is CC1CC(C)CN(CCNc2ncnc3c2cnn3C)C1. The predicted octanol–water partition coefficient (Wildman–Crippen LogP) is 1.75. The first-order valence-electron chi connectivity index (χ1n) is 7.72. The molecule has 0 radical (unpaired) electrons. The van der Waals surface area contributed by atoms with Gasteiger partial charge in [-0.25, -0.2) is 9.97 Å². The first-order valence-corrected chi connectivity index (χ1v) is 7.72. The molecule has 0 spiro atoms. The van der Waals surface area contributed by atoms with Crippen LogP contribution in [0.3, 0.4) is 0 Å². The average Bonchev–Trinajstić information content (AvgIpc) is 2.81. The molecule has 21 heavy (non-hydrogen) atoms. The molecule has 2 atom stereocenters. The van der Waals surface area contributed by atoms with Crippen LogP contribution < -0.4 is 5.32 Å². The fourth-order valence-corrected chi connectivity index (χ4v) is 3.41. The summed E-state index contributed by atoms with van der Waals surface area (Å²) in [6.45, 7) is 9.07. The Hall–Kier alpha value is -1.69. The first kappa shape index (κ1) is 14.3. The summed E-state index contributed by atoms with van der Waals surface area (Å²) >= 11 is 0. The van der Waals surface area contributed by atoms with Crippen molar-refractivity contribution in [2.75, 3.05) is 31.5 Å². The third-order valence-corrected chi connectivity index (χ3v) is 4.19. The number of nitrogens with one attached hydrogen (secondary N) is 1. The highest BCUT2D eigenvalue weighted by atomic mass is 15.3. The van der Waals surface area contributed by atoms with Crippen molar-refractivity contribution >= 4 is 16.9 Å². The third kappa shape index (κ3) is 3.15. The van der Waals surface area contributed by atoms with Crippen LogP contribution in [0.1, 0.15) is 20.3 Å². The molecule has 0 aromatic carbocycles. The van der Waals surface area contributed by atoms with Crippen molar-refractivity contribution in [1.29, 1.82) is 0 Å². The van der Waals surface area contributed by atoms with Gasteiger partial charge in [0.05, 0.1) is 11.6 Å². The minimum atomic E-state index is 0.804. The molecular formula is C15H24N6. The number of hydrogen-bond donors (Lipinski definition) is 1. The number of anilines is 1. The van der Waals surface area contributed by atoms with E-state index >= 15 is 0 Å². The molecule has 1 aliphatic heterocycles. The molecule has 0 saturated carbocycles. The van der Waals surface area contributed by atoms with Gasteiger partial charge >= 0.3 is 0 Å². The second kappa shape index (κ2) is 5.97. The number of fused-ring (bicyclic) bond motifs is 1. The highest BCUT2D eigenvalue weighted by molar-refractivity contribution is 5.85. The Morgan fingerprint density at radius 2 is 2.00 bits per heavy atom. The van der Waals surface area contributed by atoms with Crippen molar-refractivity contribution in [1.82, 2.24) is 24.6 Å². The van der Waals surface area contributed by atoms with Crippen LogP contribution in [0.2, 0.25) is 0 Å². The molecule has 1 aliphatic rings. The summed E-state index contributed by atoms with van der Waals surface area (Å²) in [5.74, 6) is 2.49. The van der Waals surface area contributed by atoms with Gasteiger partial charge in [0.2, 0.25) is 0 Å². The van der Waals surface area contributed by atoms with Gasteiger partial charge in [-0.05, 0) is 18.3 Å². The highest BCUT2D eigenvalue weighted by Crippen LogP contribution is 2.21. The summed E-state index contributed by atoms with van der Waals surface area (Å²) in [6.07, 6.45) is 4.77. The molecule has 3 rings (SSSR count). The van der Waals surface area contributed by atoms with E-state index in [-0.39, 0.29) is 0 Å². The van der Waals surface area contributed by atoms with E-state index in [0.29, 0.717) is 0 Å². The van der Waals surface area contributed by atoms with Gasteiger partial charge in [-0.3, -0.25) is 4.68 Å². The van der Waals surface area contributed by atoms with Gasteiger partial charge < -0.3 is 10.2 Å². The summed E-state index contributed by atoms with van der Waals surface area (Å²) in [5, 5.41) is 8.66. The van der Waals surface area contributed by atoms with Gasteiger partial charge in [0.1, 0.15) is 12.1 Å². The van der Waals surface area contributed by atoms with Crippen LogP contribution in [0.25, 0.3) is 11.0 Å². The van der Waals surface area contributed by atoms with Gasteiger partial charge in [-0.1, -0.05) is 13.8 Å². The minimum Gasteiger partial charge on any atom is -0.368 e. The molecule has 6 heteroatoms. The monoisotopic (exact) mass is 288 g/mol. The Kier molecular flexibility index (Phi) is 4.05. The lowest BCUT2D eigenvalue weighted by atomic mass is 9.92. The maximum atomic E-state index is 4.34. The van der Waals surface area contributed by atoms with Gasteiger partial charge in [0.25, 0.3) is 0 Å². The summed E-state index contributed by atoms with van der Waals surface area (Å²) in [6, 6.07) is 0. The summed E-state index contributed by atoms with van der Waals surface area (Å²) < 4.78 is 1.77. The van der Waals surface area contributed by atoms with Crippen molar-refractivity contribution in [2.24, 2.45) is 18.9 Å². The Labute approximate surface area is 125 Å². The lowest BCUT2D eigenvalue weighted by Gasteiger charge is -2.34. The molecule has 0 bridgehead atoms. The zero-order valence-electron chi connectivity index (χ0n) is 13.1. The summed E-state index contributed by atoms with van der Waals surface area (Å²) in [4.78, 5) is 11.1. The average molecular weight is 288 g/mol. The van der Waals surface area contributed by atoms with Crippen LogP contribution in [0, 0.1) is 11.8 Å². The molecule has 114 valence electrons. The molecule has 2 aromatic heterocycles. The highest BCUT2D eigenvalue weighted by Gasteiger charge is 2.21. The van der Waals surface area contributed by atoms with Crippen LogP contribution in [0.4, 0.5) is 5.82 Å². The van der Waals surface area contributed by atoms with Crippen LogP contribution in [-0.2, 0) is 7.05 Å². The Morgan fingerprint density at radius 1 is 1.24 bits per heavy atom. The maximum absolute atomic E-state index is 4.34. The Bertz CT molecular complexity index is 597. The molecular weight excluding hydrogens is 264 g/mol. The molecule has 0 aliphatic carbocycles. The number of likely N-dealkylation sites (tertiary alicyclic amines) is 1. The van der Waals surface area contributed by atoms with Crippen molar-refractivity contribution in [2.45, 2.75) is 20.3 Å². The van der Waals surface area contributed by atoms with Crippen LogP contribution in [-0.4, -0.2) is 50.8 Å². The number of nitrogens with zero attached hydrogens (tertiary/aromatic N) is 5. The van der Waals surface area contributed by atoms with Crippen LogP contribution in [0.15, 0.2) is 12.5 Å². The van der Waals surface area contributed by atoms with E-state index in [0.717, 1.165) is 41.8 Å². The molecule has 0 amide bonds. The van der Waals surface area contributed by atoms with Gasteiger partial charge in [0, 0.05) is 33.2 Å². The van der Waals surface area contributed by atoms with E-state index in [4.69, 9.17) is 0 Å². The molecule has 1 saturated heterocycles. The number of aryl methyl sites for hydroxylation is 1. The molecule has 2 aromatic rings. The second-order valence-corrected chi connectivity index (χ2v) is 6.36. The van der Waals surface area contributed by atoms with E-state index in [1.807, 2.05) is 13.2 Å². The topological polar surface area (TPSA) is 58.9 Å². The van der Waals surface area contributed by atoms with E-state index in [1.165, 1.54) is 19.5 Å². The zero-order chi connectivity index (χ0) is 14.8. The van der Waals surface area contributed by atoms with Crippen molar-refractivity contribution < 1.29 is 0 Å². The summed E-state index contributed by atoms with van der Waals surface area (Å²) in [5.41, 5.74) is 0.868. The molecule has 3 heterocycles. The van der Waals surface area contributed by atoms with Crippen molar-refractivity contribution in [3.8, 4) is 0 Å². The largest absolute Gasteiger partial charge is 0.368 e. The fraction of sp³-hybridized carbons (Fsp3) is 0.667. The lowest BCUT2D eigenvalue weighted by Crippen LogP contribution is -2.41. The molecule has 6 nitrogen and oxygen atoms in total. The standard InChI is InChI=1S/C15H24N6/c1-11-6-12(2)9-21(8-11)5-4-16-14-13-7-19-20(3)15(13)18-10-17-14/h7,10-12H,4-6,8-9H2,1-3H3,(H,16,17,18). The lowest BCUT2D eigenvalue weighted by molar-refractivity contribution is 0.146.